The minimum Gasteiger partial charge on any atom is -0.504 e. The molecule has 0 saturated heterocycles. The third kappa shape index (κ3) is 5.46. The molecular weight excluding hydrogens is 763 g/mol. The monoisotopic (exact) mass is 795 g/mol. The van der Waals surface area contributed by atoms with Crippen LogP contribution in [-0.4, -0.2) is 49.6 Å². The van der Waals surface area contributed by atoms with Crippen LogP contribution in [0.5, 0.6) is 28.7 Å². The Bertz CT molecular complexity index is 3440. The molecular formula is C51H33N5O5. The Morgan fingerprint density at radius 3 is 1.33 bits per heavy atom. The fraction of sp³-hybridized carbons (Fsp3) is 0. The molecule has 10 heteroatoms. The van der Waals surface area contributed by atoms with Crippen LogP contribution in [0.3, 0.4) is 0 Å². The first-order valence-corrected chi connectivity index (χ1v) is 19.6. The van der Waals surface area contributed by atoms with Gasteiger partial charge in [-0.15, -0.1) is 0 Å². The van der Waals surface area contributed by atoms with E-state index in [1.807, 2.05) is 127 Å². The summed E-state index contributed by atoms with van der Waals surface area (Å²) in [6.45, 7) is 0. The van der Waals surface area contributed by atoms with E-state index in [1.54, 1.807) is 6.07 Å². The second-order valence-corrected chi connectivity index (χ2v) is 14.8. The van der Waals surface area contributed by atoms with Gasteiger partial charge in [-0.3, -0.25) is 4.57 Å². The van der Waals surface area contributed by atoms with Gasteiger partial charge in [-0.2, -0.15) is 9.97 Å². The Morgan fingerprint density at radius 1 is 0.344 bits per heavy atom. The standard InChI is InChI=1S/C51H33N5O5/c57-44-41(45(58)47(60)48(61)46(44)59)35-25-24-32(28-38(35)29-14-4-1-5-15-29)55-39-22-12-10-20-33(39)36-26-27-37-34-21-11-13-23-40(34)56(43(37)42(36)55)51-53-49(30-16-6-2-7-17-30)52-50(54-51)31-18-8-3-9-19-31/h1-28,57-61H. The van der Waals surface area contributed by atoms with Crippen molar-refractivity contribution < 1.29 is 25.5 Å². The summed E-state index contributed by atoms with van der Waals surface area (Å²) in [4.78, 5) is 15.4. The summed E-state index contributed by atoms with van der Waals surface area (Å²) in [5, 5.41) is 57.8. The first-order valence-electron chi connectivity index (χ1n) is 19.6. The van der Waals surface area contributed by atoms with E-state index in [2.05, 4.69) is 45.5 Å². The predicted molar refractivity (Wildman–Crippen MR) is 239 cm³/mol. The van der Waals surface area contributed by atoms with Crippen molar-refractivity contribution in [2.24, 2.45) is 0 Å². The Labute approximate surface area is 347 Å². The maximum Gasteiger partial charge on any atom is 0.238 e. The van der Waals surface area contributed by atoms with Crippen molar-refractivity contribution in [3.8, 4) is 85.4 Å². The van der Waals surface area contributed by atoms with Crippen LogP contribution in [0.15, 0.2) is 170 Å². The molecule has 3 aromatic heterocycles. The van der Waals surface area contributed by atoms with E-state index in [-0.39, 0.29) is 5.56 Å². The smallest absolute Gasteiger partial charge is 0.238 e. The number of aromatic nitrogens is 5. The normalized spacial score (nSPS) is 11.6. The summed E-state index contributed by atoms with van der Waals surface area (Å²) in [5.74, 6) is -2.96. The molecule has 11 rings (SSSR count). The molecule has 8 aromatic carbocycles. The lowest BCUT2D eigenvalue weighted by Crippen LogP contribution is -2.07. The maximum atomic E-state index is 11.1. The zero-order valence-electron chi connectivity index (χ0n) is 32.1. The second kappa shape index (κ2) is 13.7. The molecule has 0 spiro atoms. The third-order valence-electron chi connectivity index (χ3n) is 11.3. The minimum atomic E-state index is -1.02. The number of phenolic OH excluding ortho intramolecular Hbond substituents is 5. The number of aromatic hydroxyl groups is 5. The molecule has 0 fully saturated rings. The lowest BCUT2D eigenvalue weighted by atomic mass is 9.92. The van der Waals surface area contributed by atoms with E-state index in [0.29, 0.717) is 28.7 Å². The van der Waals surface area contributed by atoms with E-state index >= 15 is 0 Å². The molecule has 0 atom stereocenters. The molecule has 3 heterocycles. The Balaban J connectivity index is 1.27. The number of hydrogen-bond acceptors (Lipinski definition) is 8. The third-order valence-corrected chi connectivity index (χ3v) is 11.3. The van der Waals surface area contributed by atoms with Crippen molar-refractivity contribution in [2.45, 2.75) is 0 Å². The predicted octanol–water partition coefficient (Wildman–Crippen LogP) is 11.3. The zero-order valence-corrected chi connectivity index (χ0v) is 32.1. The molecule has 11 aromatic rings. The Hall–Kier alpha value is -8.63. The number of nitrogens with zero attached hydrogens (tertiary/aromatic N) is 5. The summed E-state index contributed by atoms with van der Waals surface area (Å²) < 4.78 is 4.31. The summed E-state index contributed by atoms with van der Waals surface area (Å²) in [5.41, 5.74) is 7.41. The average molecular weight is 796 g/mol. The van der Waals surface area contributed by atoms with Gasteiger partial charge in [-0.25, -0.2) is 4.98 Å². The molecule has 61 heavy (non-hydrogen) atoms. The second-order valence-electron chi connectivity index (χ2n) is 14.8. The van der Waals surface area contributed by atoms with Gasteiger partial charge in [0.2, 0.25) is 23.2 Å². The Kier molecular flexibility index (Phi) is 8.01. The highest BCUT2D eigenvalue weighted by atomic mass is 16.4. The number of fused-ring (bicyclic) bond motifs is 7. The van der Waals surface area contributed by atoms with Crippen molar-refractivity contribution in [3.63, 3.8) is 0 Å². The van der Waals surface area contributed by atoms with Crippen LogP contribution < -0.4 is 0 Å². The van der Waals surface area contributed by atoms with E-state index in [0.717, 1.165) is 66.0 Å². The maximum absolute atomic E-state index is 11.1. The summed E-state index contributed by atoms with van der Waals surface area (Å²) in [6, 6.07) is 55.4. The average Bonchev–Trinajstić information content (AvgIpc) is 3.84. The van der Waals surface area contributed by atoms with E-state index in [9.17, 15) is 25.5 Å². The number of rotatable bonds is 6. The fourth-order valence-electron chi connectivity index (χ4n) is 8.56. The van der Waals surface area contributed by atoms with Gasteiger partial charge in [0, 0.05) is 38.4 Å². The van der Waals surface area contributed by atoms with Crippen molar-refractivity contribution in [2.75, 3.05) is 0 Å². The highest BCUT2D eigenvalue weighted by Gasteiger charge is 2.28. The first kappa shape index (κ1) is 35.5. The number of phenols is 5. The van der Waals surface area contributed by atoms with Gasteiger partial charge < -0.3 is 30.1 Å². The minimum absolute atomic E-state index is 0.235. The molecule has 0 unspecified atom stereocenters. The fourth-order valence-corrected chi connectivity index (χ4v) is 8.56. The van der Waals surface area contributed by atoms with Gasteiger partial charge in [0.05, 0.1) is 27.6 Å². The first-order chi connectivity index (χ1) is 29.9. The highest BCUT2D eigenvalue weighted by molar-refractivity contribution is 6.23. The quantitative estimate of drug-likeness (QED) is 0.0824. The van der Waals surface area contributed by atoms with Gasteiger partial charge in [0.15, 0.2) is 23.1 Å². The number of para-hydroxylation sites is 2. The van der Waals surface area contributed by atoms with E-state index in [1.165, 1.54) is 0 Å². The van der Waals surface area contributed by atoms with Gasteiger partial charge >= 0.3 is 0 Å². The summed E-state index contributed by atoms with van der Waals surface area (Å²) >= 11 is 0. The van der Waals surface area contributed by atoms with Crippen molar-refractivity contribution in [1.29, 1.82) is 0 Å². The highest BCUT2D eigenvalue weighted by Crippen LogP contribution is 2.56. The van der Waals surface area contributed by atoms with Gasteiger partial charge in [-0.05, 0) is 41.0 Å². The molecule has 10 nitrogen and oxygen atoms in total. The van der Waals surface area contributed by atoms with E-state index < -0.39 is 28.7 Å². The van der Waals surface area contributed by atoms with Crippen molar-refractivity contribution in [3.05, 3.63) is 170 Å². The largest absolute Gasteiger partial charge is 0.504 e. The molecule has 0 bridgehead atoms. The summed E-state index contributed by atoms with van der Waals surface area (Å²) in [7, 11) is 0. The van der Waals surface area contributed by atoms with Crippen LogP contribution in [-0.2, 0) is 0 Å². The molecule has 0 aliphatic heterocycles. The van der Waals surface area contributed by atoms with Crippen LogP contribution >= 0.6 is 0 Å². The molecule has 292 valence electrons. The van der Waals surface area contributed by atoms with Crippen molar-refractivity contribution in [1.82, 2.24) is 24.1 Å². The van der Waals surface area contributed by atoms with Crippen LogP contribution in [0.1, 0.15) is 0 Å². The van der Waals surface area contributed by atoms with Crippen LogP contribution in [0.2, 0.25) is 0 Å². The molecule has 0 amide bonds. The number of hydrogen-bond donors (Lipinski definition) is 5. The Morgan fingerprint density at radius 2 is 0.787 bits per heavy atom. The van der Waals surface area contributed by atoms with Crippen LogP contribution in [0, 0.1) is 0 Å². The molecule has 0 aliphatic rings. The van der Waals surface area contributed by atoms with Gasteiger partial charge in [-0.1, -0.05) is 146 Å². The van der Waals surface area contributed by atoms with Crippen LogP contribution in [0.4, 0.5) is 0 Å². The SMILES string of the molecule is Oc1c(O)c(O)c(-c2ccc(-n3c4ccccc4c4ccc5c6ccccc6n(-c6nc(-c7ccccc7)nc(-c7ccccc7)n6)c5c43)cc2-c2ccccc2)c(O)c1O. The lowest BCUT2D eigenvalue weighted by molar-refractivity contribution is 0.330. The molecule has 0 saturated carbocycles. The lowest BCUT2D eigenvalue weighted by Gasteiger charge is -2.18. The zero-order chi connectivity index (χ0) is 41.4. The van der Waals surface area contributed by atoms with Crippen molar-refractivity contribution >= 4 is 43.6 Å². The summed E-state index contributed by atoms with van der Waals surface area (Å²) in [6.07, 6.45) is 0. The van der Waals surface area contributed by atoms with E-state index in [4.69, 9.17) is 15.0 Å². The molecule has 0 radical (unpaired) electrons. The van der Waals surface area contributed by atoms with Gasteiger partial charge in [0.1, 0.15) is 0 Å². The topological polar surface area (TPSA) is 150 Å². The van der Waals surface area contributed by atoms with Gasteiger partial charge in [0.25, 0.3) is 0 Å². The molecule has 5 N–H and O–H groups in total. The van der Waals surface area contributed by atoms with Crippen LogP contribution in [0.25, 0.3) is 100 Å². The molecule has 0 aliphatic carbocycles. The number of benzene rings is 8.